The van der Waals surface area contributed by atoms with E-state index in [2.05, 4.69) is 48.9 Å². The Bertz CT molecular complexity index is 815. The third-order valence-corrected chi connectivity index (χ3v) is 4.86. The summed E-state index contributed by atoms with van der Waals surface area (Å²) in [4.78, 5) is 0. The molecule has 2 atom stereocenters. The van der Waals surface area contributed by atoms with Crippen LogP contribution in [0.4, 0.5) is 5.95 Å². The van der Waals surface area contributed by atoms with Crippen molar-refractivity contribution in [2.45, 2.75) is 18.5 Å². The fraction of sp³-hybridized carbons (Fsp3) is 0.188. The van der Waals surface area contributed by atoms with Crippen molar-refractivity contribution in [3.8, 4) is 0 Å². The second-order valence-corrected chi connectivity index (χ2v) is 6.85. The van der Waals surface area contributed by atoms with E-state index < -0.39 is 0 Å². The van der Waals surface area contributed by atoms with Crippen LogP contribution < -0.4 is 5.32 Å². The van der Waals surface area contributed by atoms with Gasteiger partial charge in [0.15, 0.2) is 0 Å². The second-order valence-electron chi connectivity index (χ2n) is 5.50. The van der Waals surface area contributed by atoms with Gasteiger partial charge in [-0.1, -0.05) is 56.9 Å². The monoisotopic (exact) mass is 389 g/mol. The molecular weight excluding hydrogens is 378 g/mol. The van der Waals surface area contributed by atoms with Crippen molar-refractivity contribution < 1.29 is 0 Å². The molecule has 3 aromatic rings. The van der Waals surface area contributed by atoms with Crippen LogP contribution in [0, 0.1) is 0 Å². The van der Waals surface area contributed by atoms with Gasteiger partial charge in [-0.25, -0.2) is 4.68 Å². The third kappa shape index (κ3) is 2.84. The van der Waals surface area contributed by atoms with Crippen LogP contribution in [0.25, 0.3) is 0 Å². The molecule has 4 rings (SSSR count). The lowest BCUT2D eigenvalue weighted by Gasteiger charge is -2.31. The van der Waals surface area contributed by atoms with Crippen LogP contribution in [0.2, 0.25) is 5.02 Å². The Morgan fingerprint density at radius 1 is 1.04 bits per heavy atom. The smallest absolute Gasteiger partial charge is 0.243 e. The highest BCUT2D eigenvalue weighted by Gasteiger charge is 2.30. The molecule has 1 aliphatic heterocycles. The van der Waals surface area contributed by atoms with Gasteiger partial charge in [-0.3, -0.25) is 0 Å². The first kappa shape index (κ1) is 14.7. The van der Waals surface area contributed by atoms with Gasteiger partial charge in [0, 0.05) is 9.50 Å². The number of tetrazole rings is 1. The molecule has 1 N–H and O–H groups in total. The molecule has 0 bridgehead atoms. The third-order valence-electron chi connectivity index (χ3n) is 4.08. The summed E-state index contributed by atoms with van der Waals surface area (Å²) in [6.45, 7) is 0. The summed E-state index contributed by atoms with van der Waals surface area (Å²) in [5.41, 5.74) is 2.35. The molecule has 116 valence electrons. The summed E-state index contributed by atoms with van der Waals surface area (Å²) in [5.74, 6) is 0.684. The molecule has 2 aromatic carbocycles. The molecule has 0 aliphatic carbocycles. The number of fused-ring (bicyclic) bond motifs is 1. The molecule has 7 heteroatoms. The van der Waals surface area contributed by atoms with E-state index in [-0.39, 0.29) is 12.1 Å². The number of aromatic nitrogens is 4. The maximum absolute atomic E-state index is 6.01. The molecule has 0 amide bonds. The minimum Gasteiger partial charge on any atom is -0.346 e. The molecule has 0 fully saturated rings. The van der Waals surface area contributed by atoms with Gasteiger partial charge in [0.25, 0.3) is 0 Å². The normalized spacial score (nSPS) is 19.9. The van der Waals surface area contributed by atoms with Gasteiger partial charge in [0.05, 0.1) is 12.1 Å². The van der Waals surface area contributed by atoms with Crippen molar-refractivity contribution in [2.24, 2.45) is 0 Å². The number of nitrogens with one attached hydrogen (secondary N) is 1. The highest BCUT2D eigenvalue weighted by Crippen LogP contribution is 2.37. The van der Waals surface area contributed by atoms with Crippen molar-refractivity contribution in [1.82, 2.24) is 20.2 Å². The van der Waals surface area contributed by atoms with Gasteiger partial charge < -0.3 is 5.32 Å². The molecule has 2 heterocycles. The van der Waals surface area contributed by atoms with E-state index in [1.54, 1.807) is 0 Å². The van der Waals surface area contributed by atoms with E-state index in [4.69, 9.17) is 11.6 Å². The summed E-state index contributed by atoms with van der Waals surface area (Å²) in [6.07, 6.45) is 0.862. The number of hydrogen-bond acceptors (Lipinski definition) is 4. The Labute approximate surface area is 146 Å². The zero-order valence-corrected chi connectivity index (χ0v) is 14.4. The molecule has 0 unspecified atom stereocenters. The Kier molecular flexibility index (Phi) is 3.79. The standard InChI is InChI=1S/C16H13BrClN5/c17-12-5-1-10(2-6-12)14-9-15(11-3-7-13(18)8-4-11)23-16(19-14)20-21-22-23/h1-8,14-15H,9H2,(H,19,20,22)/t14-,15-/m0/s1. The highest BCUT2D eigenvalue weighted by molar-refractivity contribution is 9.10. The fourth-order valence-electron chi connectivity index (χ4n) is 2.91. The molecule has 0 saturated heterocycles. The summed E-state index contributed by atoms with van der Waals surface area (Å²) in [7, 11) is 0. The van der Waals surface area contributed by atoms with E-state index in [9.17, 15) is 0 Å². The number of rotatable bonds is 2. The first-order valence-corrected chi connectivity index (χ1v) is 8.43. The number of halogens is 2. The molecule has 1 aromatic heterocycles. The van der Waals surface area contributed by atoms with Crippen LogP contribution >= 0.6 is 27.5 Å². The van der Waals surface area contributed by atoms with E-state index in [1.807, 2.05) is 41.1 Å². The lowest BCUT2D eigenvalue weighted by atomic mass is 9.93. The van der Waals surface area contributed by atoms with Crippen LogP contribution in [-0.2, 0) is 0 Å². The Morgan fingerprint density at radius 2 is 1.74 bits per heavy atom. The lowest BCUT2D eigenvalue weighted by molar-refractivity contribution is 0.424. The zero-order chi connectivity index (χ0) is 15.8. The average Bonchev–Trinajstić information content (AvgIpc) is 3.04. The minimum atomic E-state index is 0.0761. The van der Waals surface area contributed by atoms with Gasteiger partial charge in [-0.15, -0.1) is 0 Å². The van der Waals surface area contributed by atoms with Gasteiger partial charge in [0.1, 0.15) is 0 Å². The van der Waals surface area contributed by atoms with Crippen molar-refractivity contribution in [3.05, 3.63) is 69.2 Å². The Morgan fingerprint density at radius 3 is 2.48 bits per heavy atom. The van der Waals surface area contributed by atoms with Gasteiger partial charge in [-0.2, -0.15) is 0 Å². The maximum atomic E-state index is 6.01. The quantitative estimate of drug-likeness (QED) is 0.711. The number of nitrogens with zero attached hydrogens (tertiary/aromatic N) is 4. The van der Waals surface area contributed by atoms with Crippen molar-refractivity contribution in [2.75, 3.05) is 5.32 Å². The largest absolute Gasteiger partial charge is 0.346 e. The Hall–Kier alpha value is -1.92. The van der Waals surface area contributed by atoms with Crippen molar-refractivity contribution >= 4 is 33.5 Å². The molecule has 0 radical (unpaired) electrons. The van der Waals surface area contributed by atoms with E-state index in [0.717, 1.165) is 21.5 Å². The summed E-state index contributed by atoms with van der Waals surface area (Å²) < 4.78 is 2.90. The predicted octanol–water partition coefficient (Wildman–Crippen LogP) is 4.24. The topological polar surface area (TPSA) is 55.6 Å². The molecule has 1 aliphatic rings. The first-order valence-electron chi connectivity index (χ1n) is 7.26. The van der Waals surface area contributed by atoms with Gasteiger partial charge in [-0.05, 0) is 52.2 Å². The highest BCUT2D eigenvalue weighted by atomic mass is 79.9. The van der Waals surface area contributed by atoms with Gasteiger partial charge in [0.2, 0.25) is 5.95 Å². The lowest BCUT2D eigenvalue weighted by Crippen LogP contribution is -2.28. The van der Waals surface area contributed by atoms with Crippen LogP contribution in [0.3, 0.4) is 0 Å². The number of hydrogen-bond donors (Lipinski definition) is 1. The maximum Gasteiger partial charge on any atom is 0.243 e. The molecule has 0 spiro atoms. The minimum absolute atomic E-state index is 0.0761. The summed E-state index contributed by atoms with van der Waals surface area (Å²) in [6, 6.07) is 16.4. The summed E-state index contributed by atoms with van der Waals surface area (Å²) in [5, 5.41) is 16.2. The summed E-state index contributed by atoms with van der Waals surface area (Å²) >= 11 is 9.48. The average molecular weight is 391 g/mol. The predicted molar refractivity (Wildman–Crippen MR) is 92.5 cm³/mol. The second kappa shape index (κ2) is 5.94. The zero-order valence-electron chi connectivity index (χ0n) is 12.0. The molecule has 5 nitrogen and oxygen atoms in total. The van der Waals surface area contributed by atoms with Crippen molar-refractivity contribution in [3.63, 3.8) is 0 Å². The van der Waals surface area contributed by atoms with E-state index in [1.165, 1.54) is 5.56 Å². The first-order chi connectivity index (χ1) is 11.2. The molecule has 23 heavy (non-hydrogen) atoms. The molecule has 0 saturated carbocycles. The van der Waals surface area contributed by atoms with Crippen LogP contribution in [0.5, 0.6) is 0 Å². The Balaban J connectivity index is 1.71. The van der Waals surface area contributed by atoms with Crippen LogP contribution in [0.15, 0.2) is 53.0 Å². The number of anilines is 1. The van der Waals surface area contributed by atoms with Crippen LogP contribution in [-0.4, -0.2) is 20.2 Å². The van der Waals surface area contributed by atoms with E-state index >= 15 is 0 Å². The number of benzene rings is 2. The SMILES string of the molecule is Clc1ccc([C@@H]2C[C@@H](c3ccc(Br)cc3)Nc3nnnn32)cc1. The molecular formula is C16H13BrClN5. The fourth-order valence-corrected chi connectivity index (χ4v) is 3.30. The van der Waals surface area contributed by atoms with Crippen LogP contribution in [0.1, 0.15) is 29.6 Å². The van der Waals surface area contributed by atoms with Gasteiger partial charge >= 0.3 is 0 Å². The van der Waals surface area contributed by atoms with Crippen molar-refractivity contribution in [1.29, 1.82) is 0 Å². The van der Waals surface area contributed by atoms with E-state index in [0.29, 0.717) is 5.95 Å².